The van der Waals surface area contributed by atoms with Crippen LogP contribution in [0.25, 0.3) is 11.2 Å². The minimum Gasteiger partial charge on any atom is -0.308 e. The third-order valence-electron chi connectivity index (χ3n) is 4.80. The fourth-order valence-electron chi connectivity index (χ4n) is 3.14. The van der Waals surface area contributed by atoms with Gasteiger partial charge in [-0.05, 0) is 36.8 Å². The predicted octanol–water partition coefficient (Wildman–Crippen LogP) is 3.60. The molecule has 29 heavy (non-hydrogen) atoms. The average molecular weight is 427 g/mol. The number of aromatic nitrogens is 4. The summed E-state index contributed by atoms with van der Waals surface area (Å²) >= 11 is 7.47. The minimum absolute atomic E-state index is 0.361. The lowest BCUT2D eigenvalue weighted by Gasteiger charge is -2.10. The first-order valence-corrected chi connectivity index (χ1v) is 10.2. The van der Waals surface area contributed by atoms with Crippen LogP contribution in [0.2, 0.25) is 5.02 Å². The Morgan fingerprint density at radius 2 is 1.62 bits per heavy atom. The van der Waals surface area contributed by atoms with E-state index in [0.717, 1.165) is 15.0 Å². The van der Waals surface area contributed by atoms with Gasteiger partial charge in [0.25, 0.3) is 5.56 Å². The van der Waals surface area contributed by atoms with Gasteiger partial charge >= 0.3 is 5.69 Å². The first-order chi connectivity index (χ1) is 13.8. The van der Waals surface area contributed by atoms with Crippen molar-refractivity contribution in [3.63, 3.8) is 0 Å². The Hall–Kier alpha value is -2.77. The number of nitrogens with zero attached hydrogens (tertiary/aromatic N) is 4. The number of imidazole rings is 1. The second-order valence-electron chi connectivity index (χ2n) is 6.90. The van der Waals surface area contributed by atoms with Crippen LogP contribution in [0.5, 0.6) is 0 Å². The number of aryl methyl sites for hydroxylation is 2. The Kier molecular flexibility index (Phi) is 5.10. The van der Waals surface area contributed by atoms with Crippen LogP contribution in [-0.4, -0.2) is 18.7 Å². The summed E-state index contributed by atoms with van der Waals surface area (Å²) in [5.74, 6) is 0. The van der Waals surface area contributed by atoms with Crippen molar-refractivity contribution < 1.29 is 0 Å². The Morgan fingerprint density at radius 3 is 2.28 bits per heavy atom. The summed E-state index contributed by atoms with van der Waals surface area (Å²) in [7, 11) is 3.11. The van der Waals surface area contributed by atoms with E-state index in [9.17, 15) is 9.59 Å². The van der Waals surface area contributed by atoms with E-state index in [-0.39, 0.29) is 5.56 Å². The second kappa shape index (κ2) is 7.57. The first-order valence-electron chi connectivity index (χ1n) is 9.00. The van der Waals surface area contributed by atoms with E-state index in [4.69, 9.17) is 11.6 Å². The summed E-state index contributed by atoms with van der Waals surface area (Å²) in [6.45, 7) is 2.47. The van der Waals surface area contributed by atoms with Crippen LogP contribution in [0, 0.1) is 6.92 Å². The molecule has 8 heteroatoms. The molecule has 0 atom stereocenters. The summed E-state index contributed by atoms with van der Waals surface area (Å²) in [5, 5.41) is 1.30. The molecular weight excluding hydrogens is 408 g/mol. The Bertz CT molecular complexity index is 1320. The van der Waals surface area contributed by atoms with Crippen LogP contribution >= 0.6 is 23.4 Å². The normalized spacial score (nSPS) is 11.3. The van der Waals surface area contributed by atoms with Crippen molar-refractivity contribution in [3.05, 3.63) is 85.5 Å². The zero-order valence-corrected chi connectivity index (χ0v) is 17.8. The van der Waals surface area contributed by atoms with Gasteiger partial charge in [-0.15, -0.1) is 0 Å². The van der Waals surface area contributed by atoms with Crippen molar-refractivity contribution in [3.8, 4) is 0 Å². The van der Waals surface area contributed by atoms with Crippen molar-refractivity contribution >= 4 is 34.5 Å². The topological polar surface area (TPSA) is 61.8 Å². The predicted molar refractivity (Wildman–Crippen MR) is 116 cm³/mol. The third kappa shape index (κ3) is 3.63. The lowest BCUT2D eigenvalue weighted by Crippen LogP contribution is -2.37. The minimum atomic E-state index is -0.398. The number of halogens is 1. The van der Waals surface area contributed by atoms with Gasteiger partial charge < -0.3 is 4.57 Å². The average Bonchev–Trinajstić information content (AvgIpc) is 3.06. The van der Waals surface area contributed by atoms with Gasteiger partial charge in [-0.3, -0.25) is 13.9 Å². The SMILES string of the molecule is Cc1ccc(Sc2nc3c(c(=O)n(C)c(=O)n3C)n2Cc2ccc(Cl)cc2)cc1. The number of rotatable bonds is 4. The summed E-state index contributed by atoms with van der Waals surface area (Å²) in [5.41, 5.74) is 2.17. The van der Waals surface area contributed by atoms with Crippen LogP contribution in [0.4, 0.5) is 0 Å². The van der Waals surface area contributed by atoms with E-state index in [1.54, 1.807) is 7.05 Å². The standard InChI is InChI=1S/C21H19ClN4O2S/c1-13-4-10-16(11-5-13)29-20-23-18-17(19(27)25(3)21(28)24(18)2)26(20)12-14-6-8-15(22)9-7-14/h4-11H,12H2,1-3H3. The number of hydrogen-bond acceptors (Lipinski definition) is 4. The molecule has 0 aliphatic rings. The Morgan fingerprint density at radius 1 is 0.966 bits per heavy atom. The highest BCUT2D eigenvalue weighted by molar-refractivity contribution is 7.99. The number of hydrogen-bond donors (Lipinski definition) is 0. The van der Waals surface area contributed by atoms with Crippen LogP contribution in [0.1, 0.15) is 11.1 Å². The summed E-state index contributed by atoms with van der Waals surface area (Å²) in [6, 6.07) is 15.6. The molecule has 2 aromatic heterocycles. The molecule has 148 valence electrons. The highest BCUT2D eigenvalue weighted by Crippen LogP contribution is 2.30. The number of benzene rings is 2. The Balaban J connectivity index is 1.93. The molecule has 0 aliphatic carbocycles. The molecule has 4 aromatic rings. The van der Waals surface area contributed by atoms with Crippen LogP contribution < -0.4 is 11.2 Å². The molecule has 0 spiro atoms. The molecular formula is C21H19ClN4O2S. The number of fused-ring (bicyclic) bond motifs is 1. The largest absolute Gasteiger partial charge is 0.332 e. The van der Waals surface area contributed by atoms with E-state index < -0.39 is 5.69 Å². The maximum Gasteiger partial charge on any atom is 0.332 e. The molecule has 0 unspecified atom stereocenters. The molecule has 0 amide bonds. The zero-order valence-electron chi connectivity index (χ0n) is 16.2. The quantitative estimate of drug-likeness (QED) is 0.500. The smallest absolute Gasteiger partial charge is 0.308 e. The molecule has 0 fully saturated rings. The van der Waals surface area contributed by atoms with Crippen molar-refractivity contribution in [2.24, 2.45) is 14.1 Å². The van der Waals surface area contributed by atoms with Gasteiger partial charge in [-0.1, -0.05) is 53.2 Å². The van der Waals surface area contributed by atoms with Crippen molar-refractivity contribution in [1.29, 1.82) is 0 Å². The van der Waals surface area contributed by atoms with Gasteiger partial charge in [0.15, 0.2) is 16.3 Å². The maximum atomic E-state index is 12.9. The summed E-state index contributed by atoms with van der Waals surface area (Å²) in [6.07, 6.45) is 0. The van der Waals surface area contributed by atoms with E-state index in [2.05, 4.69) is 4.98 Å². The lowest BCUT2D eigenvalue weighted by atomic mass is 10.2. The van der Waals surface area contributed by atoms with Gasteiger partial charge in [-0.2, -0.15) is 0 Å². The molecule has 0 radical (unpaired) electrons. The first kappa shape index (κ1) is 19.5. The highest BCUT2D eigenvalue weighted by Gasteiger charge is 2.20. The fourth-order valence-corrected chi connectivity index (χ4v) is 4.14. The van der Waals surface area contributed by atoms with Gasteiger partial charge in [-0.25, -0.2) is 9.78 Å². The van der Waals surface area contributed by atoms with Gasteiger partial charge in [0.2, 0.25) is 0 Å². The van der Waals surface area contributed by atoms with E-state index in [1.165, 1.54) is 28.9 Å². The molecule has 0 saturated carbocycles. The van der Waals surface area contributed by atoms with Crippen molar-refractivity contribution in [1.82, 2.24) is 18.7 Å². The van der Waals surface area contributed by atoms with Gasteiger partial charge in [0.1, 0.15) is 0 Å². The molecule has 0 N–H and O–H groups in total. The molecule has 0 saturated heterocycles. The molecule has 6 nitrogen and oxygen atoms in total. The zero-order chi connectivity index (χ0) is 20.7. The van der Waals surface area contributed by atoms with Gasteiger partial charge in [0.05, 0.1) is 6.54 Å². The van der Waals surface area contributed by atoms with Crippen molar-refractivity contribution in [2.75, 3.05) is 0 Å². The molecule has 2 heterocycles. The third-order valence-corrected chi connectivity index (χ3v) is 6.05. The maximum absolute atomic E-state index is 12.9. The monoisotopic (exact) mass is 426 g/mol. The van der Waals surface area contributed by atoms with E-state index in [0.29, 0.717) is 27.9 Å². The van der Waals surface area contributed by atoms with Crippen LogP contribution in [0.15, 0.2) is 68.2 Å². The summed E-state index contributed by atoms with van der Waals surface area (Å²) < 4.78 is 4.39. The summed E-state index contributed by atoms with van der Waals surface area (Å²) in [4.78, 5) is 31.0. The van der Waals surface area contributed by atoms with E-state index >= 15 is 0 Å². The van der Waals surface area contributed by atoms with Gasteiger partial charge in [0, 0.05) is 24.0 Å². The van der Waals surface area contributed by atoms with E-state index in [1.807, 2.05) is 60.0 Å². The molecule has 0 aliphatic heterocycles. The molecule has 4 rings (SSSR count). The molecule has 2 aromatic carbocycles. The van der Waals surface area contributed by atoms with Crippen LogP contribution in [0.3, 0.4) is 0 Å². The van der Waals surface area contributed by atoms with Crippen LogP contribution in [-0.2, 0) is 20.6 Å². The lowest BCUT2D eigenvalue weighted by molar-refractivity contribution is 0.696. The Labute approximate surface area is 176 Å². The fraction of sp³-hybridized carbons (Fsp3) is 0.190. The van der Waals surface area contributed by atoms with Crippen molar-refractivity contribution in [2.45, 2.75) is 23.5 Å². The second-order valence-corrected chi connectivity index (χ2v) is 8.38. The molecule has 0 bridgehead atoms. The highest BCUT2D eigenvalue weighted by atomic mass is 35.5.